The highest BCUT2D eigenvalue weighted by atomic mass is 32.2. The first-order chi connectivity index (χ1) is 13.0. The van der Waals surface area contributed by atoms with Crippen molar-refractivity contribution in [3.05, 3.63) is 47.9 Å². The average molecular weight is 383 g/mol. The highest BCUT2D eigenvalue weighted by Gasteiger charge is 2.39. The van der Waals surface area contributed by atoms with E-state index in [1.54, 1.807) is 10.9 Å². The number of rotatable bonds is 6. The van der Waals surface area contributed by atoms with Crippen LogP contribution in [0.4, 0.5) is 0 Å². The number of hydrogen-bond acceptors (Lipinski definition) is 5. The van der Waals surface area contributed by atoms with Crippen LogP contribution in [0.1, 0.15) is 48.9 Å². The van der Waals surface area contributed by atoms with Gasteiger partial charge in [-0.1, -0.05) is 12.1 Å². The molecule has 1 aromatic carbocycles. The maximum absolute atomic E-state index is 11.9. The predicted molar refractivity (Wildman–Crippen MR) is 103 cm³/mol. The molecule has 27 heavy (non-hydrogen) atoms. The number of para-hydroxylation sites is 1. The number of nitrogens with zero attached hydrogens (tertiary/aromatic N) is 3. The van der Waals surface area contributed by atoms with Crippen LogP contribution in [0.25, 0.3) is 10.9 Å². The van der Waals surface area contributed by atoms with Crippen molar-refractivity contribution in [1.82, 2.24) is 14.8 Å². The van der Waals surface area contributed by atoms with Crippen molar-refractivity contribution in [1.29, 1.82) is 0 Å². The van der Waals surface area contributed by atoms with Gasteiger partial charge in [0.05, 0.1) is 11.2 Å². The standard InChI is InChI=1S/C20H21N3O3S/c1-27(24,25)12-23-19(14-8-9-14)20(18(22-23)13-6-7-13)26-17-10-11-21-16-5-3-2-4-15(16)17/h2-5,10-11,13-14H,6-9,12H2,1H3. The maximum atomic E-state index is 11.9. The largest absolute Gasteiger partial charge is 0.453 e. The van der Waals surface area contributed by atoms with Crippen LogP contribution in [0.3, 0.4) is 0 Å². The Balaban J connectivity index is 1.64. The summed E-state index contributed by atoms with van der Waals surface area (Å²) in [5, 5.41) is 5.64. The molecule has 0 bridgehead atoms. The first kappa shape index (κ1) is 16.7. The molecule has 2 aromatic heterocycles. The summed E-state index contributed by atoms with van der Waals surface area (Å²) in [7, 11) is -3.19. The van der Waals surface area contributed by atoms with E-state index in [0.29, 0.717) is 11.8 Å². The van der Waals surface area contributed by atoms with Gasteiger partial charge in [0.2, 0.25) is 0 Å². The zero-order valence-corrected chi connectivity index (χ0v) is 15.9. The van der Waals surface area contributed by atoms with Crippen molar-refractivity contribution in [2.75, 3.05) is 6.26 Å². The van der Waals surface area contributed by atoms with E-state index in [1.165, 1.54) is 6.26 Å². The summed E-state index contributed by atoms with van der Waals surface area (Å²) in [5.74, 6) is 2.10. The zero-order chi connectivity index (χ0) is 18.6. The topological polar surface area (TPSA) is 74.1 Å². The van der Waals surface area contributed by atoms with E-state index in [2.05, 4.69) is 4.98 Å². The summed E-state index contributed by atoms with van der Waals surface area (Å²) in [6.45, 7) is 0. The number of pyridine rings is 1. The fraction of sp³-hybridized carbons (Fsp3) is 0.400. The van der Waals surface area contributed by atoms with Crippen LogP contribution in [0.15, 0.2) is 36.5 Å². The van der Waals surface area contributed by atoms with Gasteiger partial charge >= 0.3 is 0 Å². The number of hydrogen-bond donors (Lipinski definition) is 0. The molecule has 6 nitrogen and oxygen atoms in total. The molecule has 2 aliphatic carbocycles. The molecule has 0 atom stereocenters. The van der Waals surface area contributed by atoms with Gasteiger partial charge in [0, 0.05) is 29.7 Å². The smallest absolute Gasteiger partial charge is 0.172 e. The lowest BCUT2D eigenvalue weighted by Crippen LogP contribution is -2.13. The molecule has 0 spiro atoms. The van der Waals surface area contributed by atoms with E-state index in [0.717, 1.165) is 59.5 Å². The summed E-state index contributed by atoms with van der Waals surface area (Å²) >= 11 is 0. The fourth-order valence-corrected chi connectivity index (χ4v) is 4.19. The second kappa shape index (κ2) is 6.05. The van der Waals surface area contributed by atoms with E-state index < -0.39 is 9.84 Å². The predicted octanol–water partition coefficient (Wildman–Crippen LogP) is 3.98. The highest BCUT2D eigenvalue weighted by molar-refractivity contribution is 7.89. The Morgan fingerprint density at radius 2 is 1.85 bits per heavy atom. The highest BCUT2D eigenvalue weighted by Crippen LogP contribution is 2.52. The van der Waals surface area contributed by atoms with Crippen LogP contribution in [-0.2, 0) is 15.7 Å². The minimum Gasteiger partial charge on any atom is -0.453 e. The van der Waals surface area contributed by atoms with Gasteiger partial charge in [-0.05, 0) is 43.9 Å². The molecule has 5 rings (SSSR count). The molecule has 0 amide bonds. The fourth-order valence-electron chi connectivity index (χ4n) is 3.55. The second-order valence-electron chi connectivity index (χ2n) is 7.63. The Kier molecular flexibility index (Phi) is 3.75. The number of sulfone groups is 1. The van der Waals surface area contributed by atoms with Gasteiger partial charge in [-0.25, -0.2) is 13.1 Å². The third-order valence-electron chi connectivity index (χ3n) is 5.08. The van der Waals surface area contributed by atoms with Gasteiger partial charge in [-0.3, -0.25) is 4.98 Å². The van der Waals surface area contributed by atoms with Crippen LogP contribution in [0.5, 0.6) is 11.5 Å². The van der Waals surface area contributed by atoms with Crippen molar-refractivity contribution in [3.8, 4) is 11.5 Å². The summed E-state index contributed by atoms with van der Waals surface area (Å²) < 4.78 is 31.9. The molecule has 7 heteroatoms. The van der Waals surface area contributed by atoms with Crippen LogP contribution in [-0.4, -0.2) is 29.4 Å². The number of ether oxygens (including phenoxy) is 1. The summed E-state index contributed by atoms with van der Waals surface area (Å²) in [6, 6.07) is 9.73. The van der Waals surface area contributed by atoms with Crippen molar-refractivity contribution in [3.63, 3.8) is 0 Å². The second-order valence-corrected chi connectivity index (χ2v) is 9.74. The number of aromatic nitrogens is 3. The molecule has 3 aromatic rings. The number of benzene rings is 1. The molecule has 2 aliphatic rings. The SMILES string of the molecule is CS(=O)(=O)Cn1nc(C2CC2)c(Oc2ccnc3ccccc23)c1C1CC1. The zero-order valence-electron chi connectivity index (χ0n) is 15.1. The van der Waals surface area contributed by atoms with Gasteiger partial charge in [-0.15, -0.1) is 0 Å². The average Bonchev–Trinajstić information content (AvgIpc) is 3.53. The van der Waals surface area contributed by atoms with Gasteiger partial charge in [0.25, 0.3) is 0 Å². The molecule has 0 unspecified atom stereocenters. The third kappa shape index (κ3) is 3.32. The number of fused-ring (bicyclic) bond motifs is 1. The molecule has 2 saturated carbocycles. The van der Waals surface area contributed by atoms with Crippen molar-refractivity contribution in [2.45, 2.75) is 43.4 Å². The Labute approximate surface area is 158 Å². The Morgan fingerprint density at radius 1 is 1.11 bits per heavy atom. The molecule has 2 heterocycles. The third-order valence-corrected chi connectivity index (χ3v) is 5.79. The minimum atomic E-state index is -3.19. The lowest BCUT2D eigenvalue weighted by molar-refractivity contribution is 0.473. The van der Waals surface area contributed by atoms with Gasteiger partial charge in [0.1, 0.15) is 17.3 Å². The molecule has 0 aliphatic heterocycles. The van der Waals surface area contributed by atoms with E-state index in [1.807, 2.05) is 30.3 Å². The first-order valence-corrected chi connectivity index (χ1v) is 11.4. The molecule has 0 radical (unpaired) electrons. The van der Waals surface area contributed by atoms with Gasteiger partial charge in [0.15, 0.2) is 15.6 Å². The molecule has 0 saturated heterocycles. The van der Waals surface area contributed by atoms with Crippen molar-refractivity contribution in [2.24, 2.45) is 0 Å². The van der Waals surface area contributed by atoms with E-state index in [9.17, 15) is 8.42 Å². The van der Waals surface area contributed by atoms with E-state index >= 15 is 0 Å². The molecule has 140 valence electrons. The Morgan fingerprint density at radius 3 is 2.56 bits per heavy atom. The first-order valence-electron chi connectivity index (χ1n) is 9.29. The molecular formula is C20H21N3O3S. The van der Waals surface area contributed by atoms with Gasteiger partial charge in [-0.2, -0.15) is 5.10 Å². The van der Waals surface area contributed by atoms with E-state index in [4.69, 9.17) is 9.84 Å². The normalized spacial score (nSPS) is 17.4. The van der Waals surface area contributed by atoms with Crippen LogP contribution >= 0.6 is 0 Å². The van der Waals surface area contributed by atoms with Crippen molar-refractivity contribution < 1.29 is 13.2 Å². The quantitative estimate of drug-likeness (QED) is 0.644. The Bertz CT molecular complexity index is 1120. The Hall–Kier alpha value is -2.41. The van der Waals surface area contributed by atoms with Crippen LogP contribution in [0.2, 0.25) is 0 Å². The monoisotopic (exact) mass is 383 g/mol. The molecule has 0 N–H and O–H groups in total. The van der Waals surface area contributed by atoms with Crippen LogP contribution in [0, 0.1) is 0 Å². The molecule has 2 fully saturated rings. The summed E-state index contributed by atoms with van der Waals surface area (Å²) in [4.78, 5) is 4.40. The van der Waals surface area contributed by atoms with Gasteiger partial charge < -0.3 is 4.74 Å². The molecular weight excluding hydrogens is 362 g/mol. The summed E-state index contributed by atoms with van der Waals surface area (Å²) in [5.41, 5.74) is 2.71. The van der Waals surface area contributed by atoms with E-state index in [-0.39, 0.29) is 5.88 Å². The van der Waals surface area contributed by atoms with Crippen LogP contribution < -0.4 is 4.74 Å². The maximum Gasteiger partial charge on any atom is 0.172 e. The minimum absolute atomic E-state index is 0.0982. The lowest BCUT2D eigenvalue weighted by Gasteiger charge is -2.11. The van der Waals surface area contributed by atoms with Crippen molar-refractivity contribution >= 4 is 20.7 Å². The lowest BCUT2D eigenvalue weighted by atomic mass is 10.2. The summed E-state index contributed by atoms with van der Waals surface area (Å²) in [6.07, 6.45) is 7.24.